The Morgan fingerprint density at radius 1 is 1.33 bits per heavy atom. The molecular formula is C14H16ClNOS. The summed E-state index contributed by atoms with van der Waals surface area (Å²) >= 11 is 7.49. The summed E-state index contributed by atoms with van der Waals surface area (Å²) in [6, 6.07) is 9.95. The summed E-state index contributed by atoms with van der Waals surface area (Å²) in [6.07, 6.45) is 0.775. The van der Waals surface area contributed by atoms with Crippen LogP contribution in [-0.4, -0.2) is 7.11 Å². The highest BCUT2D eigenvalue weighted by atomic mass is 35.5. The number of halogens is 1. The summed E-state index contributed by atoms with van der Waals surface area (Å²) in [4.78, 5) is 1.19. The Morgan fingerprint density at radius 2 is 2.11 bits per heavy atom. The second-order valence-corrected chi connectivity index (χ2v) is 6.06. The number of rotatable bonds is 4. The monoisotopic (exact) mass is 281 g/mol. The normalized spacial score (nSPS) is 12.4. The number of hydrogen-bond acceptors (Lipinski definition) is 3. The van der Waals surface area contributed by atoms with Gasteiger partial charge in [-0.3, -0.25) is 0 Å². The lowest BCUT2D eigenvalue weighted by molar-refractivity contribution is 0.405. The van der Waals surface area contributed by atoms with Crippen molar-refractivity contribution in [1.29, 1.82) is 0 Å². The van der Waals surface area contributed by atoms with Crippen LogP contribution in [0.2, 0.25) is 4.34 Å². The van der Waals surface area contributed by atoms with Crippen LogP contribution in [0, 0.1) is 6.92 Å². The van der Waals surface area contributed by atoms with Crippen molar-refractivity contribution in [3.63, 3.8) is 0 Å². The molecule has 2 N–H and O–H groups in total. The van der Waals surface area contributed by atoms with Gasteiger partial charge in [0.15, 0.2) is 0 Å². The third kappa shape index (κ3) is 3.05. The Labute approximate surface area is 116 Å². The quantitative estimate of drug-likeness (QED) is 0.921. The van der Waals surface area contributed by atoms with Crippen LogP contribution in [0.25, 0.3) is 0 Å². The fourth-order valence-electron chi connectivity index (χ4n) is 1.91. The molecular weight excluding hydrogens is 266 g/mol. The maximum Gasteiger partial charge on any atom is 0.123 e. The van der Waals surface area contributed by atoms with E-state index in [1.54, 1.807) is 18.4 Å². The first-order valence-corrected chi connectivity index (χ1v) is 6.94. The van der Waals surface area contributed by atoms with Crippen molar-refractivity contribution in [1.82, 2.24) is 0 Å². The minimum absolute atomic E-state index is 0.0738. The van der Waals surface area contributed by atoms with Crippen LogP contribution < -0.4 is 10.5 Å². The molecule has 0 aliphatic carbocycles. The molecule has 96 valence electrons. The number of nitrogens with two attached hydrogens (primary N) is 1. The average Bonchev–Trinajstić information content (AvgIpc) is 2.74. The second-order valence-electron chi connectivity index (χ2n) is 4.26. The van der Waals surface area contributed by atoms with E-state index in [0.29, 0.717) is 0 Å². The lowest BCUT2D eigenvalue weighted by Crippen LogP contribution is -2.14. The molecule has 4 heteroatoms. The van der Waals surface area contributed by atoms with Crippen molar-refractivity contribution in [2.24, 2.45) is 5.73 Å². The number of methoxy groups -OCH3 is 1. The second kappa shape index (κ2) is 5.74. The molecule has 0 aliphatic heterocycles. The molecule has 2 aromatic rings. The van der Waals surface area contributed by atoms with Gasteiger partial charge in [0.2, 0.25) is 0 Å². The Bertz CT molecular complexity index is 538. The van der Waals surface area contributed by atoms with Gasteiger partial charge in [0, 0.05) is 22.9 Å². The van der Waals surface area contributed by atoms with Gasteiger partial charge in [-0.1, -0.05) is 23.7 Å². The van der Waals surface area contributed by atoms with E-state index in [0.717, 1.165) is 22.1 Å². The number of ether oxygens (including phenoxy) is 1. The lowest BCUT2D eigenvalue weighted by Gasteiger charge is -2.15. The van der Waals surface area contributed by atoms with Gasteiger partial charge in [-0.2, -0.15) is 0 Å². The zero-order valence-corrected chi connectivity index (χ0v) is 12.0. The predicted molar refractivity (Wildman–Crippen MR) is 77.7 cm³/mol. The van der Waals surface area contributed by atoms with E-state index in [4.69, 9.17) is 22.1 Å². The maximum absolute atomic E-state index is 6.25. The Balaban J connectivity index is 2.20. The van der Waals surface area contributed by atoms with E-state index in [2.05, 4.69) is 6.07 Å². The van der Waals surface area contributed by atoms with Crippen LogP contribution in [0.4, 0.5) is 0 Å². The first-order chi connectivity index (χ1) is 8.60. The van der Waals surface area contributed by atoms with Gasteiger partial charge in [-0.05, 0) is 30.7 Å². The van der Waals surface area contributed by atoms with Gasteiger partial charge in [-0.25, -0.2) is 0 Å². The third-order valence-electron chi connectivity index (χ3n) is 2.84. The van der Waals surface area contributed by atoms with Gasteiger partial charge in [-0.15, -0.1) is 11.3 Å². The highest BCUT2D eigenvalue weighted by Crippen LogP contribution is 2.30. The zero-order valence-electron chi connectivity index (χ0n) is 10.4. The van der Waals surface area contributed by atoms with Gasteiger partial charge < -0.3 is 10.5 Å². The van der Waals surface area contributed by atoms with Crippen molar-refractivity contribution in [3.05, 3.63) is 50.7 Å². The summed E-state index contributed by atoms with van der Waals surface area (Å²) in [7, 11) is 1.67. The van der Waals surface area contributed by atoms with E-state index in [1.807, 2.05) is 31.2 Å². The standard InChI is InChI=1S/C14H16ClNOS/c1-9-3-5-11(13(7-9)17-2)12(16)8-10-4-6-14(15)18-10/h3-7,12H,8,16H2,1-2H3. The molecule has 18 heavy (non-hydrogen) atoms. The molecule has 0 bridgehead atoms. The van der Waals surface area contributed by atoms with Gasteiger partial charge in [0.25, 0.3) is 0 Å². The first kappa shape index (κ1) is 13.4. The van der Waals surface area contributed by atoms with Gasteiger partial charge in [0.1, 0.15) is 5.75 Å². The largest absolute Gasteiger partial charge is 0.496 e. The first-order valence-electron chi connectivity index (χ1n) is 5.74. The molecule has 2 nitrogen and oxygen atoms in total. The maximum atomic E-state index is 6.25. The minimum Gasteiger partial charge on any atom is -0.496 e. The van der Waals surface area contributed by atoms with Crippen LogP contribution in [0.1, 0.15) is 22.0 Å². The molecule has 0 amide bonds. The predicted octanol–water partition coefficient (Wildman–Crippen LogP) is 3.96. The Hall–Kier alpha value is -1.03. The van der Waals surface area contributed by atoms with E-state index < -0.39 is 0 Å². The van der Waals surface area contributed by atoms with Crippen LogP contribution in [0.3, 0.4) is 0 Å². The zero-order chi connectivity index (χ0) is 13.1. The number of hydrogen-bond donors (Lipinski definition) is 1. The molecule has 1 unspecified atom stereocenters. The highest BCUT2D eigenvalue weighted by Gasteiger charge is 2.13. The Morgan fingerprint density at radius 3 is 2.72 bits per heavy atom. The van der Waals surface area contributed by atoms with Crippen molar-refractivity contribution >= 4 is 22.9 Å². The molecule has 0 saturated heterocycles. The fourth-order valence-corrected chi connectivity index (χ4v) is 3.06. The van der Waals surface area contributed by atoms with E-state index in [1.165, 1.54) is 10.4 Å². The molecule has 0 saturated carbocycles. The minimum atomic E-state index is -0.0738. The third-order valence-corrected chi connectivity index (χ3v) is 4.09. The molecule has 0 fully saturated rings. The fraction of sp³-hybridized carbons (Fsp3) is 0.286. The van der Waals surface area contributed by atoms with Crippen molar-refractivity contribution in [3.8, 4) is 5.75 Å². The SMILES string of the molecule is COc1cc(C)ccc1C(N)Cc1ccc(Cl)s1. The van der Waals surface area contributed by atoms with Gasteiger partial charge >= 0.3 is 0 Å². The van der Waals surface area contributed by atoms with E-state index >= 15 is 0 Å². The van der Waals surface area contributed by atoms with E-state index in [9.17, 15) is 0 Å². The molecule has 1 atom stereocenters. The topological polar surface area (TPSA) is 35.2 Å². The summed E-state index contributed by atoms with van der Waals surface area (Å²) in [5, 5.41) is 0. The summed E-state index contributed by atoms with van der Waals surface area (Å²) < 4.78 is 6.19. The molecule has 0 spiro atoms. The molecule has 0 aliphatic rings. The van der Waals surface area contributed by atoms with E-state index in [-0.39, 0.29) is 6.04 Å². The number of aryl methyl sites for hydroxylation is 1. The van der Waals surface area contributed by atoms with Crippen molar-refractivity contribution in [2.45, 2.75) is 19.4 Å². The van der Waals surface area contributed by atoms with Crippen molar-refractivity contribution in [2.75, 3.05) is 7.11 Å². The molecule has 1 aromatic carbocycles. The van der Waals surface area contributed by atoms with Crippen LogP contribution >= 0.6 is 22.9 Å². The summed E-state index contributed by atoms with van der Waals surface area (Å²) in [5.41, 5.74) is 8.45. The molecule has 1 heterocycles. The average molecular weight is 282 g/mol. The van der Waals surface area contributed by atoms with Crippen LogP contribution in [-0.2, 0) is 6.42 Å². The van der Waals surface area contributed by atoms with Gasteiger partial charge in [0.05, 0.1) is 11.4 Å². The summed E-state index contributed by atoms with van der Waals surface area (Å²) in [6.45, 7) is 2.04. The highest BCUT2D eigenvalue weighted by molar-refractivity contribution is 7.16. The molecule has 0 radical (unpaired) electrons. The van der Waals surface area contributed by atoms with Crippen LogP contribution in [0.5, 0.6) is 5.75 Å². The molecule has 1 aromatic heterocycles. The number of benzene rings is 1. The molecule has 2 rings (SSSR count). The van der Waals surface area contributed by atoms with Crippen LogP contribution in [0.15, 0.2) is 30.3 Å². The van der Waals surface area contributed by atoms with Crippen molar-refractivity contribution < 1.29 is 4.74 Å². The smallest absolute Gasteiger partial charge is 0.123 e. The lowest BCUT2D eigenvalue weighted by atomic mass is 10.0. The Kier molecular flexibility index (Phi) is 4.27. The number of thiophene rings is 1. The summed E-state index contributed by atoms with van der Waals surface area (Å²) in [5.74, 6) is 0.852.